The van der Waals surface area contributed by atoms with E-state index in [4.69, 9.17) is 22.1 Å². The van der Waals surface area contributed by atoms with Gasteiger partial charge in [0.1, 0.15) is 35.2 Å². The number of hydrogen-bond donors (Lipinski definition) is 1. The van der Waals surface area contributed by atoms with Gasteiger partial charge in [0.2, 0.25) is 5.70 Å². The zero-order valence-electron chi connectivity index (χ0n) is 25.6. The molecule has 6 rings (SSSR count). The van der Waals surface area contributed by atoms with Crippen molar-refractivity contribution in [3.63, 3.8) is 0 Å². The molecule has 0 saturated carbocycles. The number of fused-ring (bicyclic) bond motifs is 1. The van der Waals surface area contributed by atoms with Crippen molar-refractivity contribution in [3.05, 3.63) is 83.9 Å². The van der Waals surface area contributed by atoms with Gasteiger partial charge in [-0.2, -0.15) is 5.10 Å². The summed E-state index contributed by atoms with van der Waals surface area (Å²) >= 11 is 0. The lowest BCUT2D eigenvalue weighted by Gasteiger charge is -2.39. The number of carbonyl (C=O) groups excluding carboxylic acids is 1. The summed E-state index contributed by atoms with van der Waals surface area (Å²) < 4.78 is 23.1. The van der Waals surface area contributed by atoms with E-state index in [1.54, 1.807) is 33.8 Å². The number of piperidine rings is 1. The number of benzene rings is 2. The maximum absolute atomic E-state index is 15.6. The van der Waals surface area contributed by atoms with Crippen LogP contribution in [-0.2, 0) is 11.3 Å². The summed E-state index contributed by atoms with van der Waals surface area (Å²) in [6.07, 6.45) is 8.18. The van der Waals surface area contributed by atoms with Crippen molar-refractivity contribution in [2.75, 3.05) is 25.4 Å². The van der Waals surface area contributed by atoms with Gasteiger partial charge < -0.3 is 15.4 Å². The van der Waals surface area contributed by atoms with Gasteiger partial charge in [-0.05, 0) is 76.9 Å². The van der Waals surface area contributed by atoms with Crippen LogP contribution in [0, 0.1) is 12.4 Å². The minimum absolute atomic E-state index is 0.134. The summed E-state index contributed by atoms with van der Waals surface area (Å²) in [5.41, 5.74) is 7.02. The zero-order chi connectivity index (χ0) is 31.6. The van der Waals surface area contributed by atoms with Gasteiger partial charge in [-0.25, -0.2) is 23.9 Å². The highest BCUT2D eigenvalue weighted by Gasteiger charge is 2.34. The molecule has 2 aromatic heterocycles. The number of hydrogen-bond acceptors (Lipinski definition) is 7. The van der Waals surface area contributed by atoms with Crippen LogP contribution >= 0.6 is 0 Å². The number of ether oxygens (including phenoxy) is 1. The average molecular weight is 609 g/mol. The van der Waals surface area contributed by atoms with E-state index in [1.165, 1.54) is 18.8 Å². The molecular formula is C34H37FN8O2. The topological polar surface area (TPSA) is 107 Å². The van der Waals surface area contributed by atoms with Gasteiger partial charge in [0.15, 0.2) is 5.65 Å². The predicted molar refractivity (Wildman–Crippen MR) is 171 cm³/mol. The number of nitrogen functional groups attached to an aromatic ring is 1. The Morgan fingerprint density at radius 1 is 1.09 bits per heavy atom. The third kappa shape index (κ3) is 6.24. The summed E-state index contributed by atoms with van der Waals surface area (Å²) in [6, 6.07) is 13.5. The molecule has 1 atom stereocenters. The van der Waals surface area contributed by atoms with E-state index in [-0.39, 0.29) is 29.0 Å². The van der Waals surface area contributed by atoms with Gasteiger partial charge in [0, 0.05) is 23.7 Å². The van der Waals surface area contributed by atoms with E-state index in [2.05, 4.69) is 33.6 Å². The smallest absolute Gasteiger partial charge is 0.252 e. The van der Waals surface area contributed by atoms with Crippen molar-refractivity contribution in [1.82, 2.24) is 29.5 Å². The SMILES string of the molecule is [C-]#[N+]C(=CC(C)(C)N1CCCCC1)C(=O)N1CCC[C@H]1Cn1nc(-c2ccc(Oc3ccccc3)cc2F)c2c(N)ncnc21. The fourth-order valence-electron chi connectivity index (χ4n) is 6.40. The minimum Gasteiger partial charge on any atom is -0.457 e. The van der Waals surface area contributed by atoms with Crippen LogP contribution in [0.2, 0.25) is 0 Å². The van der Waals surface area contributed by atoms with Gasteiger partial charge in [-0.3, -0.25) is 9.69 Å². The molecule has 2 aromatic carbocycles. The molecule has 2 aliphatic rings. The van der Waals surface area contributed by atoms with Crippen molar-refractivity contribution < 1.29 is 13.9 Å². The number of para-hydroxylation sites is 1. The number of anilines is 1. The standard InChI is InChI=1S/C34H37FN8O2/c1-34(2,41-16-8-5-9-17-41)20-28(37-3)33(44)42-18-10-11-23(42)21-43-32-29(31(36)38-22-39-32)30(40-43)26-15-14-25(19-27(26)35)45-24-12-6-4-7-13-24/h4,6-7,12-15,19-20,22-23H,5,8-11,16-18,21H2,1-2H3,(H2,36,38,39)/t23-/m0/s1. The molecule has 0 radical (unpaired) electrons. The van der Waals surface area contributed by atoms with Crippen molar-refractivity contribution in [2.45, 2.75) is 64.1 Å². The van der Waals surface area contributed by atoms with Crippen LogP contribution in [-0.4, -0.2) is 66.7 Å². The fraction of sp³-hybridized carbons (Fsp3) is 0.382. The summed E-state index contributed by atoms with van der Waals surface area (Å²) in [5, 5.41) is 5.21. The van der Waals surface area contributed by atoms with Crippen LogP contribution < -0.4 is 10.5 Å². The van der Waals surface area contributed by atoms with Gasteiger partial charge in [0.05, 0.1) is 24.5 Å². The number of amides is 1. The van der Waals surface area contributed by atoms with E-state index in [1.807, 2.05) is 24.3 Å². The van der Waals surface area contributed by atoms with Crippen LogP contribution in [0.3, 0.4) is 0 Å². The van der Waals surface area contributed by atoms with Gasteiger partial charge >= 0.3 is 0 Å². The van der Waals surface area contributed by atoms with Crippen LogP contribution in [0.15, 0.2) is 66.6 Å². The van der Waals surface area contributed by atoms with E-state index >= 15 is 4.39 Å². The molecule has 0 spiro atoms. The molecular weight excluding hydrogens is 571 g/mol. The molecule has 2 fully saturated rings. The second-order valence-electron chi connectivity index (χ2n) is 12.2. The maximum atomic E-state index is 15.6. The molecule has 0 unspecified atom stereocenters. The first-order chi connectivity index (χ1) is 21.7. The number of aromatic nitrogens is 4. The molecule has 4 heterocycles. The molecule has 0 bridgehead atoms. The van der Waals surface area contributed by atoms with Crippen LogP contribution in [0.5, 0.6) is 11.5 Å². The maximum Gasteiger partial charge on any atom is 0.252 e. The Morgan fingerprint density at radius 2 is 1.87 bits per heavy atom. The highest BCUT2D eigenvalue weighted by Crippen LogP contribution is 2.35. The summed E-state index contributed by atoms with van der Waals surface area (Å²) in [5.74, 6) is 0.326. The first kappa shape index (κ1) is 30.2. The molecule has 2 aliphatic heterocycles. The largest absolute Gasteiger partial charge is 0.457 e. The van der Waals surface area contributed by atoms with Gasteiger partial charge in [0.25, 0.3) is 5.91 Å². The first-order valence-electron chi connectivity index (χ1n) is 15.4. The van der Waals surface area contributed by atoms with Gasteiger partial charge in [-0.1, -0.05) is 30.7 Å². The van der Waals surface area contributed by atoms with Crippen LogP contribution in [0.4, 0.5) is 10.2 Å². The molecule has 1 amide bonds. The Labute approximate surface area is 262 Å². The Balaban J connectivity index is 1.28. The van der Waals surface area contributed by atoms with E-state index in [9.17, 15) is 4.79 Å². The highest BCUT2D eigenvalue weighted by molar-refractivity contribution is 5.98. The number of halogens is 1. The number of nitrogens with zero attached hydrogens (tertiary/aromatic N) is 7. The predicted octanol–water partition coefficient (Wildman–Crippen LogP) is 6.07. The number of rotatable bonds is 8. The normalized spacial score (nSPS) is 17.9. The first-order valence-corrected chi connectivity index (χ1v) is 15.4. The lowest BCUT2D eigenvalue weighted by Crippen LogP contribution is -2.46. The monoisotopic (exact) mass is 608 g/mol. The van der Waals surface area contributed by atoms with Gasteiger partial charge in [-0.15, -0.1) is 0 Å². The molecule has 45 heavy (non-hydrogen) atoms. The minimum atomic E-state index is -0.529. The second kappa shape index (κ2) is 12.7. The van der Waals surface area contributed by atoms with Crippen molar-refractivity contribution >= 4 is 22.8 Å². The molecule has 2 N–H and O–H groups in total. The van der Waals surface area contributed by atoms with Crippen LogP contribution in [0.1, 0.15) is 46.0 Å². The van der Waals surface area contributed by atoms with Crippen molar-refractivity contribution in [2.24, 2.45) is 0 Å². The average Bonchev–Trinajstić information content (AvgIpc) is 3.66. The third-order valence-electron chi connectivity index (χ3n) is 8.76. The highest BCUT2D eigenvalue weighted by atomic mass is 19.1. The number of likely N-dealkylation sites (tertiary alicyclic amines) is 2. The number of nitrogens with two attached hydrogens (primary N) is 1. The lowest BCUT2D eigenvalue weighted by atomic mass is 9.97. The van der Waals surface area contributed by atoms with Crippen molar-refractivity contribution in [1.29, 1.82) is 0 Å². The molecule has 2 saturated heterocycles. The Hall–Kier alpha value is -4.82. The summed E-state index contributed by atoms with van der Waals surface area (Å²) in [6.45, 7) is 14.8. The van der Waals surface area contributed by atoms with E-state index in [0.717, 1.165) is 38.8 Å². The molecule has 10 nitrogen and oxygen atoms in total. The Bertz CT molecular complexity index is 1770. The lowest BCUT2D eigenvalue weighted by molar-refractivity contribution is -0.127. The van der Waals surface area contributed by atoms with E-state index in [0.29, 0.717) is 41.3 Å². The molecule has 232 valence electrons. The number of carbonyl (C=O) groups is 1. The van der Waals surface area contributed by atoms with Crippen LogP contribution in [0.25, 0.3) is 27.1 Å². The molecule has 0 aliphatic carbocycles. The summed E-state index contributed by atoms with van der Waals surface area (Å²) in [4.78, 5) is 30.2. The quantitative estimate of drug-likeness (QED) is 0.191. The Morgan fingerprint density at radius 3 is 2.60 bits per heavy atom. The fourth-order valence-corrected chi connectivity index (χ4v) is 6.40. The third-order valence-corrected chi connectivity index (χ3v) is 8.76. The van der Waals surface area contributed by atoms with Crippen molar-refractivity contribution in [3.8, 4) is 22.8 Å². The second-order valence-corrected chi connectivity index (χ2v) is 12.2. The van der Waals surface area contributed by atoms with E-state index < -0.39 is 11.4 Å². The Kier molecular flexibility index (Phi) is 8.50. The summed E-state index contributed by atoms with van der Waals surface area (Å²) in [7, 11) is 0. The zero-order valence-corrected chi connectivity index (χ0v) is 25.6. The molecule has 11 heteroatoms. The molecule has 4 aromatic rings.